The highest BCUT2D eigenvalue weighted by atomic mass is 15.2. The van der Waals surface area contributed by atoms with Gasteiger partial charge in [0.2, 0.25) is 0 Å². The van der Waals surface area contributed by atoms with Crippen LogP contribution >= 0.6 is 0 Å². The van der Waals surface area contributed by atoms with E-state index in [1.807, 2.05) is 12.1 Å². The highest BCUT2D eigenvalue weighted by Gasteiger charge is 2.12. The Morgan fingerprint density at radius 2 is 1.58 bits per heavy atom. The Labute approximate surface area is 73.8 Å². The van der Waals surface area contributed by atoms with Crippen LogP contribution in [0.4, 0.5) is 5.69 Å². The maximum absolute atomic E-state index is 3.60. The van der Waals surface area contributed by atoms with E-state index < -0.39 is 0 Å². The Hall–Kier alpha value is -1.02. The molecule has 0 aliphatic rings. The van der Waals surface area contributed by atoms with Crippen molar-refractivity contribution in [2.75, 3.05) is 5.43 Å². The van der Waals surface area contributed by atoms with Gasteiger partial charge in [-0.25, -0.2) is 5.43 Å². The van der Waals surface area contributed by atoms with Gasteiger partial charge in [-0.05, 0) is 23.1 Å². The van der Waals surface area contributed by atoms with Crippen molar-refractivity contribution in [2.24, 2.45) is 0 Å². The topological polar surface area (TPSA) is 39.7 Å². The Balaban J connectivity index is 2.93. The first-order valence-corrected chi connectivity index (χ1v) is 4.17. The van der Waals surface area contributed by atoms with Crippen molar-refractivity contribution in [1.29, 1.82) is 0 Å². The summed E-state index contributed by atoms with van der Waals surface area (Å²) >= 11 is 0. The van der Waals surface area contributed by atoms with Gasteiger partial charge in [-0.3, -0.25) is 5.84 Å². The molecule has 4 N–H and O–H groups in total. The normalized spacial score (nSPS) is 11.3. The van der Waals surface area contributed by atoms with Crippen molar-refractivity contribution >= 4 is 5.69 Å². The smallest absolute Gasteiger partial charge is 0.0847 e. The lowest BCUT2D eigenvalue weighted by Gasteiger charge is -2.18. The number of nitrogens with one attached hydrogen (secondary N) is 1. The predicted molar refractivity (Wildman–Crippen MR) is 51.7 cm³/mol. The molecule has 0 aliphatic heterocycles. The van der Waals surface area contributed by atoms with Crippen LogP contribution in [0.5, 0.6) is 0 Å². The van der Waals surface area contributed by atoms with Crippen molar-refractivity contribution in [3.8, 4) is 0 Å². The minimum absolute atomic E-state index is 0.236. The lowest BCUT2D eigenvalue weighted by Crippen LogP contribution is -2.56. The quantitative estimate of drug-likeness (QED) is 0.609. The van der Waals surface area contributed by atoms with Crippen molar-refractivity contribution in [1.82, 2.24) is 0 Å². The number of anilines is 1. The first-order valence-electron chi connectivity index (χ1n) is 4.17. The average molecular weight is 165 g/mol. The molecule has 0 saturated heterocycles. The van der Waals surface area contributed by atoms with Crippen LogP contribution in [0.1, 0.15) is 26.3 Å². The van der Waals surface area contributed by atoms with Crippen LogP contribution in [0.15, 0.2) is 24.3 Å². The number of hydrogen-bond donors (Lipinski definition) is 2. The van der Waals surface area contributed by atoms with E-state index in [4.69, 9.17) is 0 Å². The zero-order valence-corrected chi connectivity index (χ0v) is 8.02. The molecule has 0 bridgehead atoms. The van der Waals surface area contributed by atoms with Gasteiger partial charge in [-0.2, -0.15) is 0 Å². The number of hydrogen-bond acceptors (Lipinski definition) is 1. The number of quaternary nitrogens is 1. The second-order valence-corrected chi connectivity index (χ2v) is 4.00. The van der Waals surface area contributed by atoms with E-state index in [0.717, 1.165) is 5.69 Å². The molecule has 2 heteroatoms. The maximum Gasteiger partial charge on any atom is 0.0847 e. The van der Waals surface area contributed by atoms with Gasteiger partial charge in [0.1, 0.15) is 0 Å². The van der Waals surface area contributed by atoms with Crippen LogP contribution in [0.3, 0.4) is 0 Å². The first-order chi connectivity index (χ1) is 5.54. The molecular weight excluding hydrogens is 148 g/mol. The van der Waals surface area contributed by atoms with E-state index in [1.54, 1.807) is 0 Å². The molecule has 1 rings (SSSR count). The molecule has 1 aromatic carbocycles. The lowest BCUT2D eigenvalue weighted by molar-refractivity contribution is -0.325. The SMILES string of the molecule is CC(C)(C)c1ccc(N[NH3+])cc1. The van der Waals surface area contributed by atoms with Gasteiger partial charge in [0.15, 0.2) is 0 Å². The van der Waals surface area contributed by atoms with Gasteiger partial charge >= 0.3 is 0 Å². The summed E-state index contributed by atoms with van der Waals surface area (Å²) in [5, 5.41) is 0. The third kappa shape index (κ3) is 1.98. The predicted octanol–water partition coefficient (Wildman–Crippen LogP) is 1.55. The first kappa shape index (κ1) is 9.07. The van der Waals surface area contributed by atoms with E-state index in [1.165, 1.54) is 5.56 Å². The van der Waals surface area contributed by atoms with Gasteiger partial charge in [0.05, 0.1) is 5.69 Å². The van der Waals surface area contributed by atoms with Crippen molar-refractivity contribution < 1.29 is 5.84 Å². The summed E-state index contributed by atoms with van der Waals surface area (Å²) in [6, 6.07) is 8.36. The summed E-state index contributed by atoms with van der Waals surface area (Å²) in [6.45, 7) is 6.62. The van der Waals surface area contributed by atoms with Crippen LogP contribution in [0.2, 0.25) is 0 Å². The van der Waals surface area contributed by atoms with Gasteiger partial charge in [0.25, 0.3) is 0 Å². The van der Waals surface area contributed by atoms with Crippen LogP contribution < -0.4 is 11.3 Å². The molecule has 0 saturated carbocycles. The highest BCUT2D eigenvalue weighted by Crippen LogP contribution is 2.22. The van der Waals surface area contributed by atoms with Crippen LogP contribution in [-0.4, -0.2) is 0 Å². The maximum atomic E-state index is 3.60. The number of rotatable bonds is 1. The molecule has 0 spiro atoms. The summed E-state index contributed by atoms with van der Waals surface area (Å²) in [7, 11) is 0. The van der Waals surface area contributed by atoms with Gasteiger partial charge < -0.3 is 0 Å². The van der Waals surface area contributed by atoms with Crippen molar-refractivity contribution in [3.05, 3.63) is 29.8 Å². The number of benzene rings is 1. The second-order valence-electron chi connectivity index (χ2n) is 4.00. The van der Waals surface area contributed by atoms with Gasteiger partial charge in [-0.15, -0.1) is 0 Å². The zero-order chi connectivity index (χ0) is 9.19. The molecule has 0 radical (unpaired) electrons. The summed E-state index contributed by atoms with van der Waals surface area (Å²) in [5.74, 6) is 3.60. The van der Waals surface area contributed by atoms with E-state index in [0.29, 0.717) is 0 Å². The molecule has 0 amide bonds. The summed E-state index contributed by atoms with van der Waals surface area (Å²) < 4.78 is 0. The Kier molecular flexibility index (Phi) is 2.38. The van der Waals surface area contributed by atoms with E-state index in [2.05, 4.69) is 44.2 Å². The van der Waals surface area contributed by atoms with Gasteiger partial charge in [-0.1, -0.05) is 32.9 Å². The van der Waals surface area contributed by atoms with Crippen LogP contribution in [0, 0.1) is 0 Å². The fraction of sp³-hybridized carbons (Fsp3) is 0.400. The summed E-state index contributed by atoms with van der Waals surface area (Å²) in [4.78, 5) is 0. The Morgan fingerprint density at radius 3 is 1.92 bits per heavy atom. The summed E-state index contributed by atoms with van der Waals surface area (Å²) in [5.41, 5.74) is 5.50. The van der Waals surface area contributed by atoms with Crippen LogP contribution in [-0.2, 0) is 5.41 Å². The molecule has 12 heavy (non-hydrogen) atoms. The van der Waals surface area contributed by atoms with E-state index in [-0.39, 0.29) is 5.41 Å². The molecule has 0 aromatic heterocycles. The lowest BCUT2D eigenvalue weighted by atomic mass is 9.87. The molecule has 0 unspecified atom stereocenters. The highest BCUT2D eigenvalue weighted by molar-refractivity contribution is 5.43. The van der Waals surface area contributed by atoms with Crippen LogP contribution in [0.25, 0.3) is 0 Å². The third-order valence-electron chi connectivity index (χ3n) is 1.96. The molecule has 2 nitrogen and oxygen atoms in total. The monoisotopic (exact) mass is 165 g/mol. The fourth-order valence-electron chi connectivity index (χ4n) is 1.09. The molecule has 0 atom stereocenters. The molecule has 66 valence electrons. The van der Waals surface area contributed by atoms with E-state index in [9.17, 15) is 0 Å². The summed E-state index contributed by atoms with van der Waals surface area (Å²) in [6.07, 6.45) is 0. The second kappa shape index (κ2) is 3.15. The Morgan fingerprint density at radius 1 is 1.08 bits per heavy atom. The molecular formula is C10H17N2+. The average Bonchev–Trinajstić information content (AvgIpc) is 2.03. The largest absolute Gasteiger partial charge is 0.258 e. The molecule has 0 fully saturated rings. The molecule has 0 aliphatic carbocycles. The molecule has 1 aromatic rings. The van der Waals surface area contributed by atoms with E-state index >= 15 is 0 Å². The van der Waals surface area contributed by atoms with Gasteiger partial charge in [0, 0.05) is 0 Å². The van der Waals surface area contributed by atoms with Crippen molar-refractivity contribution in [2.45, 2.75) is 26.2 Å². The zero-order valence-electron chi connectivity index (χ0n) is 8.02. The fourth-order valence-corrected chi connectivity index (χ4v) is 1.09. The minimum Gasteiger partial charge on any atom is -0.258 e. The third-order valence-corrected chi connectivity index (χ3v) is 1.96. The van der Waals surface area contributed by atoms with Crippen molar-refractivity contribution in [3.63, 3.8) is 0 Å². The standard InChI is InChI=1S/C10H16N2/c1-10(2,3)8-4-6-9(12-11)7-5-8/h4-7,12H,11H2,1-3H3/p+1. The molecule has 0 heterocycles. The minimum atomic E-state index is 0.236. The Bertz CT molecular complexity index is 244.